The molecule has 0 N–H and O–H groups in total. The average Bonchev–Trinajstić information content (AvgIpc) is 3.52. The first-order valence-electron chi connectivity index (χ1n) is 9.72. The van der Waals surface area contributed by atoms with Crippen LogP contribution in [-0.2, 0) is 12.0 Å². The Balaban J connectivity index is 1.72. The van der Waals surface area contributed by atoms with E-state index in [1.165, 1.54) is 5.56 Å². The van der Waals surface area contributed by atoms with E-state index < -0.39 is 5.41 Å². The summed E-state index contributed by atoms with van der Waals surface area (Å²) in [7, 11) is 0. The zero-order valence-corrected chi connectivity index (χ0v) is 19.0. The average molecular weight is 490 g/mol. The van der Waals surface area contributed by atoms with Gasteiger partial charge in [0, 0.05) is 21.1 Å². The van der Waals surface area contributed by atoms with Crippen molar-refractivity contribution >= 4 is 31.9 Å². The largest absolute Gasteiger partial charge is 0.299 e. The van der Waals surface area contributed by atoms with E-state index in [-0.39, 0.29) is 0 Å². The number of halogens is 2. The predicted octanol–water partition coefficient (Wildman–Crippen LogP) is 6.69. The molecule has 1 unspecified atom stereocenters. The molecule has 4 heteroatoms. The monoisotopic (exact) mass is 488 g/mol. The smallest absolute Gasteiger partial charge is 0.0872 e. The molecule has 27 heavy (non-hydrogen) atoms. The molecule has 0 radical (unpaired) electrons. The molecular weight excluding hydrogens is 464 g/mol. The van der Waals surface area contributed by atoms with Crippen LogP contribution in [0.3, 0.4) is 0 Å². The second kappa shape index (κ2) is 9.37. The van der Waals surface area contributed by atoms with E-state index >= 15 is 0 Å². The molecule has 0 heterocycles. The van der Waals surface area contributed by atoms with Crippen LogP contribution < -0.4 is 0 Å². The lowest BCUT2D eigenvalue weighted by Crippen LogP contribution is -2.31. The summed E-state index contributed by atoms with van der Waals surface area (Å²) in [4.78, 5) is 2.47. The van der Waals surface area contributed by atoms with Crippen molar-refractivity contribution in [2.24, 2.45) is 5.92 Å². The molecule has 0 saturated heterocycles. The number of nitriles is 1. The Morgan fingerprint density at radius 3 is 2.30 bits per heavy atom. The van der Waals surface area contributed by atoms with Gasteiger partial charge in [0.05, 0.1) is 11.5 Å². The van der Waals surface area contributed by atoms with Gasteiger partial charge in [-0.2, -0.15) is 5.26 Å². The van der Waals surface area contributed by atoms with Gasteiger partial charge in [-0.15, -0.1) is 0 Å². The van der Waals surface area contributed by atoms with Crippen molar-refractivity contribution in [3.8, 4) is 6.07 Å². The normalized spacial score (nSPS) is 16.1. The highest BCUT2D eigenvalue weighted by Crippen LogP contribution is 2.53. The van der Waals surface area contributed by atoms with Gasteiger partial charge in [0.1, 0.15) is 0 Å². The van der Waals surface area contributed by atoms with Crippen molar-refractivity contribution in [2.45, 2.75) is 44.6 Å². The lowest BCUT2D eigenvalue weighted by Gasteiger charge is -2.31. The summed E-state index contributed by atoms with van der Waals surface area (Å²) < 4.78 is 2.09. The second-order valence-electron chi connectivity index (χ2n) is 7.41. The third-order valence-corrected chi connectivity index (χ3v) is 6.95. The number of nitrogens with zero attached hydrogens (tertiary/aromatic N) is 2. The van der Waals surface area contributed by atoms with Crippen molar-refractivity contribution in [3.63, 3.8) is 0 Å². The van der Waals surface area contributed by atoms with E-state index in [1.54, 1.807) is 0 Å². The molecule has 1 saturated carbocycles. The Labute approximate surface area is 179 Å². The Morgan fingerprint density at radius 1 is 1.07 bits per heavy atom. The second-order valence-corrected chi connectivity index (χ2v) is 9.12. The van der Waals surface area contributed by atoms with Gasteiger partial charge >= 0.3 is 0 Å². The van der Waals surface area contributed by atoms with Crippen molar-refractivity contribution < 1.29 is 0 Å². The van der Waals surface area contributed by atoms with Crippen LogP contribution in [-0.4, -0.2) is 18.0 Å². The molecule has 1 aliphatic rings. The summed E-state index contributed by atoms with van der Waals surface area (Å²) in [5.74, 6) is 0.474. The van der Waals surface area contributed by atoms with E-state index in [0.29, 0.717) is 5.92 Å². The third kappa shape index (κ3) is 4.83. The molecule has 2 aromatic rings. The van der Waals surface area contributed by atoms with Crippen LogP contribution >= 0.6 is 31.9 Å². The molecule has 0 aromatic heterocycles. The van der Waals surface area contributed by atoms with Gasteiger partial charge in [-0.05, 0) is 62.4 Å². The van der Waals surface area contributed by atoms with Crippen LogP contribution in [0.15, 0.2) is 57.5 Å². The first-order valence-corrected chi connectivity index (χ1v) is 11.3. The number of hydrogen-bond donors (Lipinski definition) is 0. The van der Waals surface area contributed by atoms with E-state index in [4.69, 9.17) is 0 Å². The van der Waals surface area contributed by atoms with Gasteiger partial charge in [0.2, 0.25) is 0 Å². The van der Waals surface area contributed by atoms with Gasteiger partial charge in [0.15, 0.2) is 0 Å². The number of benzene rings is 2. The van der Waals surface area contributed by atoms with Crippen molar-refractivity contribution in [2.75, 3.05) is 13.1 Å². The first kappa shape index (κ1) is 20.6. The summed E-state index contributed by atoms with van der Waals surface area (Å²) in [5, 5.41) is 10.2. The summed E-state index contributed by atoms with van der Waals surface area (Å²) in [6.07, 6.45) is 4.24. The fourth-order valence-electron chi connectivity index (χ4n) is 4.01. The first-order chi connectivity index (χ1) is 13.1. The van der Waals surface area contributed by atoms with E-state index in [0.717, 1.165) is 59.8 Å². The Hall–Kier alpha value is -1.15. The SMILES string of the molecule is CCN(CCCC(C#N)(c1c(Br)cccc1Br)C1CC1)Cc1ccccc1. The van der Waals surface area contributed by atoms with Crippen LogP contribution in [0.2, 0.25) is 0 Å². The molecule has 142 valence electrons. The quantitative estimate of drug-likeness (QED) is 0.392. The highest BCUT2D eigenvalue weighted by atomic mass is 79.9. The minimum Gasteiger partial charge on any atom is -0.299 e. The molecule has 1 aliphatic carbocycles. The summed E-state index contributed by atoms with van der Waals surface area (Å²) in [6.45, 7) is 5.23. The maximum absolute atomic E-state index is 10.2. The zero-order valence-electron chi connectivity index (χ0n) is 15.8. The summed E-state index contributed by atoms with van der Waals surface area (Å²) in [6, 6.07) is 19.5. The molecule has 1 fully saturated rings. The molecule has 0 aliphatic heterocycles. The maximum atomic E-state index is 10.2. The molecule has 3 rings (SSSR count). The molecule has 2 aromatic carbocycles. The molecule has 1 atom stereocenters. The van der Waals surface area contributed by atoms with Crippen LogP contribution in [0.4, 0.5) is 0 Å². The lowest BCUT2D eigenvalue weighted by molar-refractivity contribution is 0.261. The standard InChI is InChI=1S/C23H26Br2N2/c1-2-27(16-18-8-4-3-5-9-18)15-7-14-23(17-26,19-12-13-19)22-20(24)10-6-11-21(22)25/h3-6,8-11,19H,2,7,12-16H2,1H3. The third-order valence-electron chi connectivity index (χ3n) is 5.62. The van der Waals surface area contributed by atoms with Gasteiger partial charge < -0.3 is 0 Å². The van der Waals surface area contributed by atoms with E-state index in [9.17, 15) is 5.26 Å². The van der Waals surface area contributed by atoms with Gasteiger partial charge in [-0.1, -0.05) is 75.2 Å². The minimum absolute atomic E-state index is 0.398. The summed E-state index contributed by atoms with van der Waals surface area (Å²) >= 11 is 7.41. The van der Waals surface area contributed by atoms with Crippen LogP contribution in [0.1, 0.15) is 43.7 Å². The van der Waals surface area contributed by atoms with Crippen LogP contribution in [0, 0.1) is 17.2 Å². The maximum Gasteiger partial charge on any atom is 0.0872 e. The Kier molecular flexibility index (Phi) is 7.14. The minimum atomic E-state index is -0.398. The van der Waals surface area contributed by atoms with Gasteiger partial charge in [-0.3, -0.25) is 4.90 Å². The van der Waals surface area contributed by atoms with Crippen molar-refractivity contribution in [1.82, 2.24) is 4.90 Å². The highest BCUT2D eigenvalue weighted by molar-refractivity contribution is 9.11. The lowest BCUT2D eigenvalue weighted by atomic mass is 9.73. The number of hydrogen-bond acceptors (Lipinski definition) is 2. The molecule has 2 nitrogen and oxygen atoms in total. The Bertz CT molecular complexity index is 776. The molecule has 0 bridgehead atoms. The fraction of sp³-hybridized carbons (Fsp3) is 0.435. The topological polar surface area (TPSA) is 27.0 Å². The van der Waals surface area contributed by atoms with Crippen molar-refractivity contribution in [3.05, 3.63) is 68.6 Å². The predicted molar refractivity (Wildman–Crippen MR) is 118 cm³/mol. The molecule has 0 spiro atoms. The number of rotatable bonds is 9. The zero-order chi connectivity index (χ0) is 19.3. The van der Waals surface area contributed by atoms with Crippen LogP contribution in [0.5, 0.6) is 0 Å². The molecular formula is C23H26Br2N2. The molecule has 0 amide bonds. The van der Waals surface area contributed by atoms with E-state index in [1.807, 2.05) is 6.07 Å². The summed E-state index contributed by atoms with van der Waals surface area (Å²) in [5.41, 5.74) is 2.09. The Morgan fingerprint density at radius 2 is 1.74 bits per heavy atom. The van der Waals surface area contributed by atoms with E-state index in [2.05, 4.69) is 92.2 Å². The van der Waals surface area contributed by atoms with Crippen molar-refractivity contribution in [1.29, 1.82) is 5.26 Å². The highest BCUT2D eigenvalue weighted by Gasteiger charge is 2.48. The fourth-order valence-corrected chi connectivity index (χ4v) is 5.71. The van der Waals surface area contributed by atoms with Gasteiger partial charge in [-0.25, -0.2) is 0 Å². The van der Waals surface area contributed by atoms with Gasteiger partial charge in [0.25, 0.3) is 0 Å². The van der Waals surface area contributed by atoms with Crippen LogP contribution in [0.25, 0.3) is 0 Å².